The van der Waals surface area contributed by atoms with Crippen molar-refractivity contribution >= 4 is 12.0 Å². The van der Waals surface area contributed by atoms with E-state index in [1.165, 1.54) is 0 Å². The molecule has 0 aromatic rings. The fourth-order valence-corrected chi connectivity index (χ4v) is 2.69. The van der Waals surface area contributed by atoms with E-state index in [9.17, 15) is 9.59 Å². The maximum Gasteiger partial charge on any atom is 0.407 e. The maximum absolute atomic E-state index is 11.5. The second kappa shape index (κ2) is 8.98. The van der Waals surface area contributed by atoms with Crippen LogP contribution >= 0.6 is 0 Å². The Balaban J connectivity index is 2.08. The molecule has 2 amide bonds. The number of ether oxygens (including phenoxy) is 1. The lowest BCUT2D eigenvalue weighted by Crippen LogP contribution is -2.41. The largest absolute Gasteiger partial charge is 0.444 e. The Morgan fingerprint density at radius 2 is 1.91 bits per heavy atom. The van der Waals surface area contributed by atoms with Crippen molar-refractivity contribution in [2.75, 3.05) is 26.2 Å². The molecule has 0 aromatic carbocycles. The van der Waals surface area contributed by atoms with Gasteiger partial charge in [0.15, 0.2) is 0 Å². The standard InChI is InChI=1S/C16H31N3O3/c1-16(2,3)22-15(21)18-9-12-19-10-7-13(8-11-19)5-4-6-14(17)20/h13H,4-12H2,1-3H3,(H2,17,20)(H,18,21). The molecule has 1 heterocycles. The molecule has 0 unspecified atom stereocenters. The van der Waals surface area contributed by atoms with Crippen molar-refractivity contribution in [1.82, 2.24) is 10.2 Å². The van der Waals surface area contributed by atoms with Crippen molar-refractivity contribution in [1.29, 1.82) is 0 Å². The summed E-state index contributed by atoms with van der Waals surface area (Å²) in [6, 6.07) is 0. The molecular weight excluding hydrogens is 282 g/mol. The summed E-state index contributed by atoms with van der Waals surface area (Å²) in [4.78, 5) is 24.6. The number of likely N-dealkylation sites (tertiary alicyclic amines) is 1. The lowest BCUT2D eigenvalue weighted by molar-refractivity contribution is -0.118. The van der Waals surface area contributed by atoms with Crippen molar-refractivity contribution < 1.29 is 14.3 Å². The van der Waals surface area contributed by atoms with Crippen molar-refractivity contribution in [3.05, 3.63) is 0 Å². The Hall–Kier alpha value is -1.30. The molecule has 22 heavy (non-hydrogen) atoms. The molecule has 0 radical (unpaired) electrons. The van der Waals surface area contributed by atoms with E-state index in [4.69, 9.17) is 10.5 Å². The molecule has 1 aliphatic rings. The number of alkyl carbamates (subject to hydrolysis) is 1. The summed E-state index contributed by atoms with van der Waals surface area (Å²) in [6.07, 6.45) is 4.46. The molecule has 0 bridgehead atoms. The first-order valence-corrected chi connectivity index (χ1v) is 8.24. The summed E-state index contributed by atoms with van der Waals surface area (Å²) in [5.41, 5.74) is 4.70. The number of nitrogens with zero attached hydrogens (tertiary/aromatic N) is 1. The zero-order valence-corrected chi connectivity index (χ0v) is 14.2. The van der Waals surface area contributed by atoms with E-state index < -0.39 is 5.60 Å². The van der Waals surface area contributed by atoms with Crippen LogP contribution in [-0.2, 0) is 9.53 Å². The number of nitrogens with one attached hydrogen (secondary N) is 1. The third-order valence-electron chi connectivity index (χ3n) is 3.84. The van der Waals surface area contributed by atoms with Gasteiger partial charge in [-0.1, -0.05) is 0 Å². The van der Waals surface area contributed by atoms with E-state index >= 15 is 0 Å². The fourth-order valence-electron chi connectivity index (χ4n) is 2.69. The first kappa shape index (κ1) is 18.7. The van der Waals surface area contributed by atoms with Gasteiger partial charge in [0, 0.05) is 19.5 Å². The highest BCUT2D eigenvalue weighted by Gasteiger charge is 2.19. The summed E-state index contributed by atoms with van der Waals surface area (Å²) in [5.74, 6) is 0.500. The van der Waals surface area contributed by atoms with Crippen LogP contribution in [0, 0.1) is 5.92 Å². The Kier molecular flexibility index (Phi) is 7.65. The van der Waals surface area contributed by atoms with Gasteiger partial charge in [-0.25, -0.2) is 4.79 Å². The van der Waals surface area contributed by atoms with E-state index in [0.717, 1.165) is 45.3 Å². The summed E-state index contributed by atoms with van der Waals surface area (Å²) in [6.45, 7) is 9.14. The van der Waals surface area contributed by atoms with Crippen LogP contribution in [-0.4, -0.2) is 48.7 Å². The molecule has 1 rings (SSSR count). The average Bonchev–Trinajstić information content (AvgIpc) is 2.38. The molecule has 0 saturated carbocycles. The minimum Gasteiger partial charge on any atom is -0.444 e. The molecule has 1 saturated heterocycles. The van der Waals surface area contributed by atoms with E-state index in [0.29, 0.717) is 18.9 Å². The van der Waals surface area contributed by atoms with Crippen molar-refractivity contribution in [3.8, 4) is 0 Å². The number of carbonyl (C=O) groups excluding carboxylic acids is 2. The molecule has 0 aliphatic carbocycles. The van der Waals surface area contributed by atoms with Crippen LogP contribution in [0.1, 0.15) is 52.9 Å². The quantitative estimate of drug-likeness (QED) is 0.751. The van der Waals surface area contributed by atoms with Gasteiger partial charge in [-0.15, -0.1) is 0 Å². The van der Waals surface area contributed by atoms with Crippen LogP contribution in [0.5, 0.6) is 0 Å². The van der Waals surface area contributed by atoms with E-state index in [1.54, 1.807) is 0 Å². The van der Waals surface area contributed by atoms with E-state index in [2.05, 4.69) is 10.2 Å². The van der Waals surface area contributed by atoms with Gasteiger partial charge < -0.3 is 20.7 Å². The van der Waals surface area contributed by atoms with Gasteiger partial charge in [0.1, 0.15) is 5.60 Å². The number of nitrogens with two attached hydrogens (primary N) is 1. The highest BCUT2D eigenvalue weighted by molar-refractivity contribution is 5.73. The van der Waals surface area contributed by atoms with Crippen molar-refractivity contribution in [2.24, 2.45) is 11.7 Å². The van der Waals surface area contributed by atoms with Gasteiger partial charge in [-0.3, -0.25) is 4.79 Å². The summed E-state index contributed by atoms with van der Waals surface area (Å²) < 4.78 is 5.20. The predicted octanol–water partition coefficient (Wildman–Crippen LogP) is 1.88. The van der Waals surface area contributed by atoms with Crippen LogP contribution in [0.2, 0.25) is 0 Å². The Bertz CT molecular complexity index is 358. The zero-order valence-electron chi connectivity index (χ0n) is 14.2. The SMILES string of the molecule is CC(C)(C)OC(=O)NCCN1CCC(CCCC(N)=O)CC1. The smallest absolute Gasteiger partial charge is 0.407 e. The molecule has 1 aliphatic heterocycles. The number of hydrogen-bond acceptors (Lipinski definition) is 4. The molecule has 6 nitrogen and oxygen atoms in total. The molecule has 0 atom stereocenters. The first-order chi connectivity index (χ1) is 10.3. The highest BCUT2D eigenvalue weighted by atomic mass is 16.6. The third kappa shape index (κ3) is 8.87. The molecule has 1 fully saturated rings. The second-order valence-electron chi connectivity index (χ2n) is 7.07. The average molecular weight is 313 g/mol. The van der Waals surface area contributed by atoms with Gasteiger partial charge >= 0.3 is 6.09 Å². The summed E-state index contributed by atoms with van der Waals surface area (Å²) >= 11 is 0. The molecule has 128 valence electrons. The van der Waals surface area contributed by atoms with Crippen LogP contribution in [0.4, 0.5) is 4.79 Å². The van der Waals surface area contributed by atoms with E-state index in [-0.39, 0.29) is 12.0 Å². The number of piperidine rings is 1. The normalized spacial score (nSPS) is 17.2. The third-order valence-corrected chi connectivity index (χ3v) is 3.84. The van der Waals surface area contributed by atoms with Gasteiger partial charge in [0.2, 0.25) is 5.91 Å². The minimum atomic E-state index is -0.451. The van der Waals surface area contributed by atoms with Crippen LogP contribution in [0.15, 0.2) is 0 Å². The second-order valence-corrected chi connectivity index (χ2v) is 7.07. The van der Waals surface area contributed by atoms with Gasteiger partial charge in [0.05, 0.1) is 0 Å². The zero-order chi connectivity index (χ0) is 16.6. The Morgan fingerprint density at radius 3 is 2.45 bits per heavy atom. The number of amides is 2. The van der Waals surface area contributed by atoms with Crippen molar-refractivity contribution in [2.45, 2.75) is 58.5 Å². The fraction of sp³-hybridized carbons (Fsp3) is 0.875. The highest BCUT2D eigenvalue weighted by Crippen LogP contribution is 2.22. The molecule has 0 spiro atoms. The Morgan fingerprint density at radius 1 is 1.27 bits per heavy atom. The van der Waals surface area contributed by atoms with Gasteiger partial charge in [0.25, 0.3) is 0 Å². The van der Waals surface area contributed by atoms with Crippen LogP contribution < -0.4 is 11.1 Å². The minimum absolute atomic E-state index is 0.203. The number of primary amides is 1. The van der Waals surface area contributed by atoms with Crippen LogP contribution in [0.25, 0.3) is 0 Å². The van der Waals surface area contributed by atoms with Gasteiger partial charge in [-0.2, -0.15) is 0 Å². The van der Waals surface area contributed by atoms with E-state index in [1.807, 2.05) is 20.8 Å². The summed E-state index contributed by atoms with van der Waals surface area (Å²) in [5, 5.41) is 2.79. The molecule has 6 heteroatoms. The lowest BCUT2D eigenvalue weighted by atomic mass is 9.91. The van der Waals surface area contributed by atoms with Gasteiger partial charge in [-0.05, 0) is 65.5 Å². The number of carbonyl (C=O) groups is 2. The molecule has 0 aromatic heterocycles. The topological polar surface area (TPSA) is 84.7 Å². The molecule has 3 N–H and O–H groups in total. The first-order valence-electron chi connectivity index (χ1n) is 8.24. The summed E-state index contributed by atoms with van der Waals surface area (Å²) in [7, 11) is 0. The molecular formula is C16H31N3O3. The monoisotopic (exact) mass is 313 g/mol. The van der Waals surface area contributed by atoms with Crippen molar-refractivity contribution in [3.63, 3.8) is 0 Å². The predicted molar refractivity (Wildman–Crippen MR) is 86.4 cm³/mol. The van der Waals surface area contributed by atoms with Crippen LogP contribution in [0.3, 0.4) is 0 Å². The lowest BCUT2D eigenvalue weighted by Gasteiger charge is -2.32. The number of hydrogen-bond donors (Lipinski definition) is 2. The maximum atomic E-state index is 11.5. The Labute approximate surface area is 133 Å². The number of rotatable bonds is 7.